The molecule has 1 aliphatic heterocycles. The Morgan fingerprint density at radius 3 is 2.15 bits per heavy atom. The molecule has 9 heteroatoms. The average Bonchev–Trinajstić information content (AvgIpc) is 3.25. The van der Waals surface area contributed by atoms with E-state index < -0.39 is 23.3 Å². The third-order valence-electron chi connectivity index (χ3n) is 6.02. The highest BCUT2D eigenvalue weighted by molar-refractivity contribution is 6.45. The number of amides is 2. The smallest absolute Gasteiger partial charge is 0.295 e. The molecule has 2 amide bonds. The Kier molecular flexibility index (Phi) is 6.74. The number of rotatable bonds is 6. The summed E-state index contributed by atoms with van der Waals surface area (Å²) < 4.78 is 30.8. The van der Waals surface area contributed by atoms with Gasteiger partial charge in [-0.2, -0.15) is 0 Å². The topological polar surface area (TPSA) is 65.9 Å². The van der Waals surface area contributed by atoms with E-state index in [-0.39, 0.29) is 48.6 Å². The van der Waals surface area contributed by atoms with E-state index in [4.69, 9.17) is 0 Å². The zero-order valence-corrected chi connectivity index (χ0v) is 19.1. The predicted molar refractivity (Wildman–Crippen MR) is 124 cm³/mol. The molecule has 0 spiro atoms. The van der Waals surface area contributed by atoms with Gasteiger partial charge in [0.15, 0.2) is 0 Å². The lowest BCUT2D eigenvalue weighted by Crippen LogP contribution is -2.52. The molecule has 0 atom stereocenters. The Morgan fingerprint density at radius 2 is 1.50 bits per heavy atom. The molecule has 4 rings (SSSR count). The number of Topliss-reactive ketones (excluding diaryl/α,β-unsaturated/α-hetero) is 1. The second-order valence-corrected chi connectivity index (χ2v) is 8.57. The highest BCUT2D eigenvalue weighted by Gasteiger charge is 2.31. The molecule has 2 aromatic carbocycles. The van der Waals surface area contributed by atoms with Crippen molar-refractivity contribution in [1.29, 1.82) is 0 Å². The predicted octanol–water partition coefficient (Wildman–Crippen LogP) is 2.65. The van der Waals surface area contributed by atoms with Crippen LogP contribution in [0, 0.1) is 11.6 Å². The number of ketones is 1. The summed E-state index contributed by atoms with van der Waals surface area (Å²) in [6.45, 7) is 1.78. The van der Waals surface area contributed by atoms with Crippen molar-refractivity contribution in [3.63, 3.8) is 0 Å². The Labute approximate surface area is 196 Å². The molecule has 0 saturated carbocycles. The van der Waals surface area contributed by atoms with Gasteiger partial charge in [-0.25, -0.2) is 8.78 Å². The molecule has 178 valence electrons. The van der Waals surface area contributed by atoms with Crippen molar-refractivity contribution in [3.8, 4) is 0 Å². The van der Waals surface area contributed by atoms with E-state index in [0.717, 1.165) is 12.1 Å². The molecule has 1 aromatic heterocycles. The quantitative estimate of drug-likeness (QED) is 0.412. The van der Waals surface area contributed by atoms with Crippen molar-refractivity contribution < 1.29 is 23.2 Å². The highest BCUT2D eigenvalue weighted by Crippen LogP contribution is 2.28. The fraction of sp³-hybridized carbons (Fsp3) is 0.320. The number of hydrogen-bond acceptors (Lipinski definition) is 4. The SMILES string of the molecule is CN(C)CCn1cc(C(=O)C(=O)N2CCN(C(=O)c3ccccc3)CC2)c2c(F)ccc(F)c21. The third-order valence-corrected chi connectivity index (χ3v) is 6.02. The van der Waals surface area contributed by atoms with Gasteiger partial charge in [0.1, 0.15) is 11.6 Å². The Balaban J connectivity index is 1.53. The summed E-state index contributed by atoms with van der Waals surface area (Å²) in [6, 6.07) is 10.8. The number of likely N-dealkylation sites (N-methyl/N-ethyl adjacent to an activating group) is 1. The molecule has 7 nitrogen and oxygen atoms in total. The number of hydrogen-bond donors (Lipinski definition) is 0. The molecule has 0 radical (unpaired) electrons. The summed E-state index contributed by atoms with van der Waals surface area (Å²) in [6.07, 6.45) is 1.36. The maximum absolute atomic E-state index is 14.7. The second-order valence-electron chi connectivity index (χ2n) is 8.57. The summed E-state index contributed by atoms with van der Waals surface area (Å²) in [4.78, 5) is 43.6. The molecule has 0 unspecified atom stereocenters. The normalized spacial score (nSPS) is 14.1. The van der Waals surface area contributed by atoms with Gasteiger partial charge in [0, 0.05) is 56.4 Å². The van der Waals surface area contributed by atoms with Gasteiger partial charge in [0.05, 0.1) is 11.1 Å². The standard InChI is InChI=1S/C25H26F2N4O3/c1-28(2)10-11-31-16-18(21-19(26)8-9-20(27)22(21)31)23(32)25(34)30-14-12-29(13-15-30)24(33)17-6-4-3-5-7-17/h3-9,16H,10-15H2,1-2H3. The number of halogens is 2. The zero-order valence-electron chi connectivity index (χ0n) is 19.1. The van der Waals surface area contributed by atoms with Gasteiger partial charge in [-0.05, 0) is 38.4 Å². The Bertz CT molecular complexity index is 1230. The van der Waals surface area contributed by atoms with Crippen molar-refractivity contribution in [2.24, 2.45) is 0 Å². The summed E-state index contributed by atoms with van der Waals surface area (Å²) in [5, 5.41) is -0.185. The Morgan fingerprint density at radius 1 is 0.882 bits per heavy atom. The average molecular weight is 469 g/mol. The lowest BCUT2D eigenvalue weighted by atomic mass is 10.1. The van der Waals surface area contributed by atoms with Crippen molar-refractivity contribution >= 4 is 28.5 Å². The fourth-order valence-electron chi connectivity index (χ4n) is 4.15. The van der Waals surface area contributed by atoms with Crippen molar-refractivity contribution in [1.82, 2.24) is 19.3 Å². The van der Waals surface area contributed by atoms with E-state index in [2.05, 4.69) is 0 Å². The number of benzene rings is 2. The largest absolute Gasteiger partial charge is 0.343 e. The van der Waals surface area contributed by atoms with E-state index in [1.807, 2.05) is 25.1 Å². The first-order valence-corrected chi connectivity index (χ1v) is 11.1. The number of carbonyl (C=O) groups excluding carboxylic acids is 3. The van der Waals surface area contributed by atoms with Gasteiger partial charge in [0.25, 0.3) is 17.6 Å². The first-order valence-electron chi connectivity index (χ1n) is 11.1. The van der Waals surface area contributed by atoms with E-state index in [1.165, 1.54) is 15.7 Å². The Hall–Kier alpha value is -3.59. The molecule has 0 aliphatic carbocycles. The van der Waals surface area contributed by atoms with Crippen LogP contribution in [0.5, 0.6) is 0 Å². The first-order chi connectivity index (χ1) is 16.3. The maximum atomic E-state index is 14.7. The maximum Gasteiger partial charge on any atom is 0.295 e. The van der Waals surface area contributed by atoms with Crippen molar-refractivity contribution in [2.45, 2.75) is 6.54 Å². The van der Waals surface area contributed by atoms with Gasteiger partial charge in [-0.15, -0.1) is 0 Å². The minimum Gasteiger partial charge on any atom is -0.343 e. The fourth-order valence-corrected chi connectivity index (χ4v) is 4.15. The lowest BCUT2D eigenvalue weighted by Gasteiger charge is -2.34. The molecule has 1 fully saturated rings. The number of nitrogens with zero attached hydrogens (tertiary/aromatic N) is 4. The molecule has 1 saturated heterocycles. The van der Waals surface area contributed by atoms with Gasteiger partial charge >= 0.3 is 0 Å². The number of carbonyl (C=O) groups is 3. The molecular weight excluding hydrogens is 442 g/mol. The van der Waals surface area contributed by atoms with Gasteiger partial charge in [-0.3, -0.25) is 14.4 Å². The van der Waals surface area contributed by atoms with Gasteiger partial charge in [0.2, 0.25) is 0 Å². The summed E-state index contributed by atoms with van der Waals surface area (Å²) in [5.41, 5.74) is 0.371. The molecule has 0 N–H and O–H groups in total. The van der Waals surface area contributed by atoms with Crippen LogP contribution < -0.4 is 0 Å². The molecule has 0 bridgehead atoms. The van der Waals surface area contributed by atoms with Crippen LogP contribution in [0.3, 0.4) is 0 Å². The number of aromatic nitrogens is 1. The van der Waals surface area contributed by atoms with Crippen molar-refractivity contribution in [2.75, 3.05) is 46.8 Å². The first kappa shape index (κ1) is 23.6. The van der Waals surface area contributed by atoms with E-state index in [1.54, 1.807) is 29.2 Å². The van der Waals surface area contributed by atoms with Crippen molar-refractivity contribution in [3.05, 3.63) is 71.4 Å². The minimum absolute atomic E-state index is 0.0312. The summed E-state index contributed by atoms with van der Waals surface area (Å²) in [5.74, 6) is -3.23. The van der Waals surface area contributed by atoms with Crippen LogP contribution in [0.2, 0.25) is 0 Å². The third kappa shape index (κ3) is 4.56. The van der Waals surface area contributed by atoms with Crippen LogP contribution in [-0.2, 0) is 11.3 Å². The number of piperazine rings is 1. The molecular formula is C25H26F2N4O3. The van der Waals surface area contributed by atoms with Crippen LogP contribution in [0.1, 0.15) is 20.7 Å². The summed E-state index contributed by atoms with van der Waals surface area (Å²) in [7, 11) is 3.70. The zero-order chi connectivity index (χ0) is 24.4. The molecule has 34 heavy (non-hydrogen) atoms. The van der Waals surface area contributed by atoms with Crippen LogP contribution >= 0.6 is 0 Å². The van der Waals surface area contributed by atoms with Gasteiger partial charge in [-0.1, -0.05) is 18.2 Å². The lowest BCUT2D eigenvalue weighted by molar-refractivity contribution is -0.127. The van der Waals surface area contributed by atoms with E-state index in [9.17, 15) is 23.2 Å². The second kappa shape index (κ2) is 9.72. The molecule has 3 aromatic rings. The van der Waals surface area contributed by atoms with Crippen LogP contribution in [-0.4, -0.2) is 83.7 Å². The van der Waals surface area contributed by atoms with Crippen LogP contribution in [0.15, 0.2) is 48.7 Å². The monoisotopic (exact) mass is 468 g/mol. The van der Waals surface area contributed by atoms with Crippen LogP contribution in [0.25, 0.3) is 10.9 Å². The molecule has 2 heterocycles. The summed E-state index contributed by atoms with van der Waals surface area (Å²) >= 11 is 0. The molecule has 1 aliphatic rings. The van der Waals surface area contributed by atoms with E-state index in [0.29, 0.717) is 18.7 Å². The number of fused-ring (bicyclic) bond motifs is 1. The van der Waals surface area contributed by atoms with Gasteiger partial charge < -0.3 is 19.3 Å². The minimum atomic E-state index is -0.888. The van der Waals surface area contributed by atoms with Crippen LogP contribution in [0.4, 0.5) is 8.78 Å². The van der Waals surface area contributed by atoms with E-state index >= 15 is 0 Å². The highest BCUT2D eigenvalue weighted by atomic mass is 19.1.